The van der Waals surface area contributed by atoms with E-state index in [9.17, 15) is 0 Å². The maximum atomic E-state index is 6.11. The van der Waals surface area contributed by atoms with E-state index in [4.69, 9.17) is 20.6 Å². The Labute approximate surface area is 132 Å². The van der Waals surface area contributed by atoms with Crippen molar-refractivity contribution in [3.63, 3.8) is 0 Å². The van der Waals surface area contributed by atoms with Gasteiger partial charge < -0.3 is 14.2 Å². The molecule has 1 fully saturated rings. The van der Waals surface area contributed by atoms with Crippen molar-refractivity contribution >= 4 is 0 Å². The highest BCUT2D eigenvalue weighted by molar-refractivity contribution is 5.14. The van der Waals surface area contributed by atoms with Crippen molar-refractivity contribution < 1.29 is 14.2 Å². The molecule has 0 spiro atoms. The highest BCUT2D eigenvalue weighted by atomic mass is 16.6. The van der Waals surface area contributed by atoms with E-state index in [0.717, 1.165) is 31.4 Å². The molecule has 0 saturated carbocycles. The first kappa shape index (κ1) is 15.3. The van der Waals surface area contributed by atoms with Gasteiger partial charge in [-0.3, -0.25) is 0 Å². The van der Waals surface area contributed by atoms with E-state index >= 15 is 0 Å². The molecule has 0 N–H and O–H groups in total. The van der Waals surface area contributed by atoms with Gasteiger partial charge in [0.05, 0.1) is 18.8 Å². The van der Waals surface area contributed by atoms with Gasteiger partial charge >= 0.3 is 0 Å². The molecule has 0 unspecified atom stereocenters. The second-order valence-corrected chi connectivity index (χ2v) is 5.74. The van der Waals surface area contributed by atoms with E-state index in [2.05, 4.69) is 30.2 Å². The summed E-state index contributed by atoms with van der Waals surface area (Å²) in [6.07, 6.45) is 12.3. The van der Waals surface area contributed by atoms with Crippen LogP contribution in [0.25, 0.3) is 0 Å². The standard InChI is InChI=1S/C19H22O3/c1-2-16-17(21-14-15-8-4-3-5-9-15)10-6-11-18-19(22-16)12-7-13-20-18/h1,3-6,8-9,11,16-19H,7,10,12-14H2/b11-6-/t16-,17-,18-,19+/m1/s1. The summed E-state index contributed by atoms with van der Waals surface area (Å²) in [6, 6.07) is 10.1. The maximum absolute atomic E-state index is 6.11. The normalized spacial score (nSPS) is 33.0. The molecule has 2 aliphatic heterocycles. The van der Waals surface area contributed by atoms with Crippen molar-refractivity contribution in [1.29, 1.82) is 0 Å². The van der Waals surface area contributed by atoms with E-state index in [1.807, 2.05) is 18.2 Å². The summed E-state index contributed by atoms with van der Waals surface area (Å²) in [6.45, 7) is 1.34. The molecule has 1 aromatic rings. The van der Waals surface area contributed by atoms with Crippen molar-refractivity contribution in [2.75, 3.05) is 6.61 Å². The van der Waals surface area contributed by atoms with Gasteiger partial charge in [0, 0.05) is 6.61 Å². The van der Waals surface area contributed by atoms with Crippen molar-refractivity contribution in [2.24, 2.45) is 0 Å². The number of terminal acetylenes is 1. The quantitative estimate of drug-likeness (QED) is 0.634. The third kappa shape index (κ3) is 3.78. The lowest BCUT2D eigenvalue weighted by Crippen LogP contribution is -2.42. The average Bonchev–Trinajstić information content (AvgIpc) is 2.56. The topological polar surface area (TPSA) is 27.7 Å². The van der Waals surface area contributed by atoms with Crippen LogP contribution in [-0.4, -0.2) is 31.0 Å². The molecule has 0 amide bonds. The van der Waals surface area contributed by atoms with Gasteiger partial charge in [0.15, 0.2) is 0 Å². The van der Waals surface area contributed by atoms with Gasteiger partial charge in [0.2, 0.25) is 0 Å². The molecule has 3 rings (SSSR count). The van der Waals surface area contributed by atoms with Crippen molar-refractivity contribution in [1.82, 2.24) is 0 Å². The van der Waals surface area contributed by atoms with E-state index in [1.165, 1.54) is 0 Å². The minimum Gasteiger partial charge on any atom is -0.371 e. The summed E-state index contributed by atoms with van der Waals surface area (Å²) >= 11 is 0. The lowest BCUT2D eigenvalue weighted by Gasteiger charge is -2.35. The third-order valence-electron chi connectivity index (χ3n) is 4.13. The molecule has 0 radical (unpaired) electrons. The molecule has 4 atom stereocenters. The average molecular weight is 298 g/mol. The van der Waals surface area contributed by atoms with Crippen LogP contribution in [-0.2, 0) is 20.8 Å². The Morgan fingerprint density at radius 3 is 2.95 bits per heavy atom. The number of rotatable bonds is 3. The van der Waals surface area contributed by atoms with Crippen LogP contribution in [0.15, 0.2) is 42.5 Å². The van der Waals surface area contributed by atoms with Gasteiger partial charge in [-0.05, 0) is 24.8 Å². The molecule has 22 heavy (non-hydrogen) atoms. The molecule has 3 nitrogen and oxygen atoms in total. The predicted molar refractivity (Wildman–Crippen MR) is 85.2 cm³/mol. The van der Waals surface area contributed by atoms with Crippen molar-refractivity contribution in [3.05, 3.63) is 48.0 Å². The second kappa shape index (κ2) is 7.60. The summed E-state index contributed by atoms with van der Waals surface area (Å²) in [5.74, 6) is 2.75. The Bertz CT molecular complexity index is 531. The number of hydrogen-bond acceptors (Lipinski definition) is 3. The fraction of sp³-hybridized carbons (Fsp3) is 0.474. The highest BCUT2D eigenvalue weighted by Crippen LogP contribution is 2.25. The Balaban J connectivity index is 1.66. The number of hydrogen-bond donors (Lipinski definition) is 0. The molecule has 0 bridgehead atoms. The smallest absolute Gasteiger partial charge is 0.144 e. The number of ether oxygens (including phenoxy) is 3. The third-order valence-corrected chi connectivity index (χ3v) is 4.13. The molecule has 1 aromatic carbocycles. The molecule has 2 aliphatic rings. The fourth-order valence-corrected chi connectivity index (χ4v) is 2.93. The van der Waals surface area contributed by atoms with Gasteiger partial charge in [-0.15, -0.1) is 6.42 Å². The lowest BCUT2D eigenvalue weighted by molar-refractivity contribution is -0.138. The Kier molecular flexibility index (Phi) is 5.29. The monoisotopic (exact) mass is 298 g/mol. The summed E-state index contributed by atoms with van der Waals surface area (Å²) in [4.78, 5) is 0. The largest absolute Gasteiger partial charge is 0.371 e. The molecule has 1 saturated heterocycles. The van der Waals surface area contributed by atoms with Crippen LogP contribution in [0.2, 0.25) is 0 Å². The lowest BCUT2D eigenvalue weighted by atomic mass is 10.0. The zero-order valence-corrected chi connectivity index (χ0v) is 12.7. The van der Waals surface area contributed by atoms with E-state index in [0.29, 0.717) is 6.61 Å². The van der Waals surface area contributed by atoms with Crippen molar-refractivity contribution in [3.8, 4) is 12.3 Å². The summed E-state index contributed by atoms with van der Waals surface area (Å²) < 4.78 is 17.9. The van der Waals surface area contributed by atoms with Crippen LogP contribution in [0.5, 0.6) is 0 Å². The molecule has 2 heterocycles. The summed E-state index contributed by atoms with van der Waals surface area (Å²) in [7, 11) is 0. The highest BCUT2D eigenvalue weighted by Gasteiger charge is 2.32. The Morgan fingerprint density at radius 1 is 1.27 bits per heavy atom. The van der Waals surface area contributed by atoms with Gasteiger partial charge in [0.1, 0.15) is 12.2 Å². The van der Waals surface area contributed by atoms with Crippen LogP contribution in [0.3, 0.4) is 0 Å². The first-order valence-corrected chi connectivity index (χ1v) is 7.92. The molecule has 3 heteroatoms. The number of benzene rings is 1. The minimum atomic E-state index is -0.331. The molecular weight excluding hydrogens is 276 g/mol. The maximum Gasteiger partial charge on any atom is 0.144 e. The summed E-state index contributed by atoms with van der Waals surface area (Å²) in [5.41, 5.74) is 1.14. The molecular formula is C19H22O3. The predicted octanol–water partition coefficient (Wildman–Crippen LogP) is 3.10. The summed E-state index contributed by atoms with van der Waals surface area (Å²) in [5, 5.41) is 0. The van der Waals surface area contributed by atoms with Gasteiger partial charge in [0.25, 0.3) is 0 Å². The van der Waals surface area contributed by atoms with Crippen LogP contribution in [0.4, 0.5) is 0 Å². The van der Waals surface area contributed by atoms with Crippen LogP contribution in [0.1, 0.15) is 24.8 Å². The minimum absolute atomic E-state index is 0.0275. The Hall–Kier alpha value is -1.60. The first-order chi connectivity index (χ1) is 10.9. The second-order valence-electron chi connectivity index (χ2n) is 5.74. The molecule has 0 aromatic heterocycles. The van der Waals surface area contributed by atoms with Gasteiger partial charge in [-0.2, -0.15) is 0 Å². The van der Waals surface area contributed by atoms with Crippen LogP contribution >= 0.6 is 0 Å². The van der Waals surface area contributed by atoms with Crippen LogP contribution in [0, 0.1) is 12.3 Å². The van der Waals surface area contributed by atoms with Gasteiger partial charge in [-0.1, -0.05) is 48.4 Å². The molecule has 116 valence electrons. The molecule has 0 aliphatic carbocycles. The zero-order chi connectivity index (χ0) is 15.2. The zero-order valence-electron chi connectivity index (χ0n) is 12.7. The van der Waals surface area contributed by atoms with E-state index in [1.54, 1.807) is 0 Å². The fourth-order valence-electron chi connectivity index (χ4n) is 2.93. The van der Waals surface area contributed by atoms with Crippen molar-refractivity contribution in [2.45, 2.75) is 50.3 Å². The van der Waals surface area contributed by atoms with E-state index in [-0.39, 0.29) is 24.4 Å². The SMILES string of the molecule is C#C[C@H]1O[C@H]2CCCO[C@@H]2/C=C\C[C@H]1OCc1ccccc1. The Morgan fingerprint density at radius 2 is 2.14 bits per heavy atom. The van der Waals surface area contributed by atoms with Crippen LogP contribution < -0.4 is 0 Å². The number of fused-ring (bicyclic) bond motifs is 1. The van der Waals surface area contributed by atoms with Gasteiger partial charge in [-0.25, -0.2) is 0 Å². The first-order valence-electron chi connectivity index (χ1n) is 7.92. The van der Waals surface area contributed by atoms with E-state index < -0.39 is 0 Å².